The van der Waals surface area contributed by atoms with Gasteiger partial charge in [-0.2, -0.15) is 0 Å². The van der Waals surface area contributed by atoms with Gasteiger partial charge in [0.1, 0.15) is 0 Å². The molecule has 0 heterocycles. The highest BCUT2D eigenvalue weighted by Gasteiger charge is 2.27. The highest BCUT2D eigenvalue weighted by molar-refractivity contribution is 5.74. The Morgan fingerprint density at radius 2 is 1.85 bits per heavy atom. The van der Waals surface area contributed by atoms with Crippen molar-refractivity contribution in [1.82, 2.24) is 10.6 Å². The van der Waals surface area contributed by atoms with Gasteiger partial charge in [0.15, 0.2) is 0 Å². The van der Waals surface area contributed by atoms with E-state index < -0.39 is 5.97 Å². The van der Waals surface area contributed by atoms with Crippen LogP contribution < -0.4 is 10.6 Å². The molecule has 6 heteroatoms. The molecule has 0 saturated heterocycles. The highest BCUT2D eigenvalue weighted by atomic mass is 16.5. The van der Waals surface area contributed by atoms with E-state index in [0.29, 0.717) is 26.0 Å². The summed E-state index contributed by atoms with van der Waals surface area (Å²) in [6.45, 7) is 5.16. The van der Waals surface area contributed by atoms with Gasteiger partial charge in [-0.15, -0.1) is 0 Å². The summed E-state index contributed by atoms with van der Waals surface area (Å²) in [6, 6.07) is -0.107. The number of carboxylic acids is 1. The zero-order valence-corrected chi connectivity index (χ0v) is 12.6. The van der Waals surface area contributed by atoms with Crippen molar-refractivity contribution in [3.05, 3.63) is 0 Å². The number of carboxylic acid groups (broad SMARTS) is 1. The van der Waals surface area contributed by atoms with Crippen LogP contribution in [0.3, 0.4) is 0 Å². The number of amides is 2. The van der Waals surface area contributed by atoms with Crippen molar-refractivity contribution in [2.75, 3.05) is 20.3 Å². The van der Waals surface area contributed by atoms with Gasteiger partial charge in [-0.25, -0.2) is 4.79 Å². The topological polar surface area (TPSA) is 87.7 Å². The quantitative estimate of drug-likeness (QED) is 0.692. The monoisotopic (exact) mass is 286 g/mol. The number of carbonyl (C=O) groups excluding carboxylic acids is 1. The molecule has 20 heavy (non-hydrogen) atoms. The minimum Gasteiger partial charge on any atom is -0.481 e. The van der Waals surface area contributed by atoms with E-state index >= 15 is 0 Å². The first-order valence-corrected chi connectivity index (χ1v) is 7.10. The van der Waals surface area contributed by atoms with Crippen LogP contribution in [0.2, 0.25) is 0 Å². The van der Waals surface area contributed by atoms with Crippen molar-refractivity contribution < 1.29 is 19.4 Å². The number of hydrogen-bond acceptors (Lipinski definition) is 3. The molecule has 0 atom stereocenters. The molecule has 0 spiro atoms. The molecule has 1 aliphatic carbocycles. The summed E-state index contributed by atoms with van der Waals surface area (Å²) in [7, 11) is 1.64. The molecule has 0 aliphatic heterocycles. The lowest BCUT2D eigenvalue weighted by Gasteiger charge is -2.28. The minimum absolute atomic E-state index is 0.0798. The van der Waals surface area contributed by atoms with Gasteiger partial charge in [-0.1, -0.05) is 13.8 Å². The normalized spacial score (nSPS) is 23.1. The molecule has 3 N–H and O–H groups in total. The molecule has 0 aromatic heterocycles. The van der Waals surface area contributed by atoms with Crippen molar-refractivity contribution in [3.8, 4) is 0 Å². The summed E-state index contributed by atoms with van der Waals surface area (Å²) in [5, 5.41) is 14.7. The maximum absolute atomic E-state index is 11.8. The molecule has 1 saturated carbocycles. The number of hydrogen-bond donors (Lipinski definition) is 3. The average Bonchev–Trinajstić information content (AvgIpc) is 2.37. The molecule has 116 valence electrons. The maximum atomic E-state index is 11.8. The second kappa shape index (κ2) is 7.47. The molecule has 0 aromatic carbocycles. The smallest absolute Gasteiger partial charge is 0.315 e. The number of rotatable bonds is 6. The largest absolute Gasteiger partial charge is 0.481 e. The van der Waals surface area contributed by atoms with E-state index in [2.05, 4.69) is 10.6 Å². The van der Waals surface area contributed by atoms with Gasteiger partial charge in [-0.05, 0) is 25.7 Å². The van der Waals surface area contributed by atoms with Crippen molar-refractivity contribution >= 4 is 12.0 Å². The SMILES string of the molecule is COCC(C)(C)CNC(=O)NC1CCC(C(=O)O)CC1. The number of carbonyl (C=O) groups is 2. The van der Waals surface area contributed by atoms with E-state index in [1.165, 1.54) is 0 Å². The molecule has 0 radical (unpaired) electrons. The Bertz CT molecular complexity index is 336. The van der Waals surface area contributed by atoms with Gasteiger partial charge in [0.2, 0.25) is 0 Å². The van der Waals surface area contributed by atoms with E-state index in [-0.39, 0.29) is 23.4 Å². The predicted molar refractivity (Wildman–Crippen MR) is 75.6 cm³/mol. The van der Waals surface area contributed by atoms with Gasteiger partial charge >= 0.3 is 12.0 Å². The van der Waals surface area contributed by atoms with Crippen LogP contribution in [0.15, 0.2) is 0 Å². The van der Waals surface area contributed by atoms with E-state index in [4.69, 9.17) is 9.84 Å². The molecule has 1 rings (SSSR count). The third-order valence-electron chi connectivity index (χ3n) is 3.67. The first kappa shape index (κ1) is 16.8. The lowest BCUT2D eigenvalue weighted by molar-refractivity contribution is -0.142. The number of ether oxygens (including phenoxy) is 1. The molecule has 1 aliphatic rings. The molecule has 0 aromatic rings. The summed E-state index contributed by atoms with van der Waals surface area (Å²) in [5.41, 5.74) is -0.104. The van der Waals surface area contributed by atoms with E-state index in [1.807, 2.05) is 13.8 Å². The Balaban J connectivity index is 2.25. The number of aliphatic carboxylic acids is 1. The Morgan fingerprint density at radius 1 is 1.25 bits per heavy atom. The van der Waals surface area contributed by atoms with Crippen molar-refractivity contribution in [1.29, 1.82) is 0 Å². The summed E-state index contributed by atoms with van der Waals surface area (Å²) < 4.78 is 5.10. The lowest BCUT2D eigenvalue weighted by atomic mass is 9.86. The minimum atomic E-state index is -0.728. The van der Waals surface area contributed by atoms with Crippen LogP contribution in [-0.2, 0) is 9.53 Å². The van der Waals surface area contributed by atoms with Gasteiger partial charge in [-0.3, -0.25) is 4.79 Å². The maximum Gasteiger partial charge on any atom is 0.315 e. The summed E-state index contributed by atoms with van der Waals surface area (Å²) in [5.74, 6) is -0.981. The summed E-state index contributed by atoms with van der Waals surface area (Å²) >= 11 is 0. The van der Waals surface area contributed by atoms with E-state index in [1.54, 1.807) is 7.11 Å². The zero-order chi connectivity index (χ0) is 15.2. The fourth-order valence-electron chi connectivity index (χ4n) is 2.48. The summed E-state index contributed by atoms with van der Waals surface area (Å²) in [4.78, 5) is 22.6. The van der Waals surface area contributed by atoms with E-state index in [0.717, 1.165) is 12.8 Å². The van der Waals surface area contributed by atoms with Crippen LogP contribution in [0.1, 0.15) is 39.5 Å². The zero-order valence-electron chi connectivity index (χ0n) is 12.6. The van der Waals surface area contributed by atoms with Crippen LogP contribution >= 0.6 is 0 Å². The van der Waals surface area contributed by atoms with Gasteiger partial charge < -0.3 is 20.5 Å². The Morgan fingerprint density at radius 3 is 2.35 bits per heavy atom. The number of methoxy groups -OCH3 is 1. The number of urea groups is 1. The standard InChI is InChI=1S/C14H26N2O4/c1-14(2,9-20-3)8-15-13(19)16-11-6-4-10(5-7-11)12(17)18/h10-11H,4-9H2,1-3H3,(H,17,18)(H2,15,16,19). The van der Waals surface area contributed by atoms with Gasteiger partial charge in [0.25, 0.3) is 0 Å². The Kier molecular flexibility index (Phi) is 6.26. The third kappa shape index (κ3) is 5.77. The first-order chi connectivity index (χ1) is 9.34. The van der Waals surface area contributed by atoms with Crippen LogP contribution in [0.25, 0.3) is 0 Å². The second-order valence-electron chi connectivity index (χ2n) is 6.31. The van der Waals surface area contributed by atoms with Crippen molar-refractivity contribution in [2.45, 2.75) is 45.6 Å². The van der Waals surface area contributed by atoms with Gasteiger partial charge in [0.05, 0.1) is 12.5 Å². The Hall–Kier alpha value is -1.30. The molecular formula is C14H26N2O4. The third-order valence-corrected chi connectivity index (χ3v) is 3.67. The molecule has 0 bridgehead atoms. The fraction of sp³-hybridized carbons (Fsp3) is 0.857. The molecule has 6 nitrogen and oxygen atoms in total. The number of nitrogens with one attached hydrogen (secondary N) is 2. The predicted octanol–water partition coefficient (Wildman–Crippen LogP) is 1.60. The highest BCUT2D eigenvalue weighted by Crippen LogP contribution is 2.24. The first-order valence-electron chi connectivity index (χ1n) is 7.10. The van der Waals surface area contributed by atoms with Crippen molar-refractivity contribution in [3.63, 3.8) is 0 Å². The fourth-order valence-corrected chi connectivity index (χ4v) is 2.48. The molecule has 0 unspecified atom stereocenters. The Labute approximate surface area is 120 Å². The summed E-state index contributed by atoms with van der Waals surface area (Å²) in [6.07, 6.45) is 2.72. The van der Waals surface area contributed by atoms with Crippen LogP contribution in [0.5, 0.6) is 0 Å². The van der Waals surface area contributed by atoms with E-state index in [9.17, 15) is 9.59 Å². The average molecular weight is 286 g/mol. The van der Waals surface area contributed by atoms with Crippen molar-refractivity contribution in [2.24, 2.45) is 11.3 Å². The van der Waals surface area contributed by atoms with Crippen LogP contribution in [-0.4, -0.2) is 43.4 Å². The van der Waals surface area contributed by atoms with Gasteiger partial charge in [0, 0.05) is 25.1 Å². The molecule has 1 fully saturated rings. The molecule has 2 amide bonds. The lowest BCUT2D eigenvalue weighted by Crippen LogP contribution is -2.47. The van der Waals surface area contributed by atoms with Crippen LogP contribution in [0.4, 0.5) is 4.79 Å². The second-order valence-corrected chi connectivity index (χ2v) is 6.31. The van der Waals surface area contributed by atoms with Crippen LogP contribution in [0, 0.1) is 11.3 Å². The molecular weight excluding hydrogens is 260 g/mol.